The number of carbonyl (C=O) groups is 2. The average molecular weight is 325 g/mol. The summed E-state index contributed by atoms with van der Waals surface area (Å²) in [5, 5.41) is 9.78. The molecule has 2 atom stereocenters. The molecule has 0 aromatic carbocycles. The largest absolute Gasteiger partial charge is 0.466 e. The van der Waals surface area contributed by atoms with E-state index in [1.165, 1.54) is 0 Å². The molecule has 0 spiro atoms. The summed E-state index contributed by atoms with van der Waals surface area (Å²) in [7, 11) is 0. The van der Waals surface area contributed by atoms with Gasteiger partial charge in [0.15, 0.2) is 5.41 Å². The molecule has 5 heteroatoms. The standard InChI is InChI=1S/C18H31NO4/c1-7-22-16(20)15(11-9-10-13(3)4)18(12-19,14(5)6)17(21)23-8-2/h13-15H,7-11H2,1-6H3. The van der Waals surface area contributed by atoms with Crippen LogP contribution in [0.3, 0.4) is 0 Å². The van der Waals surface area contributed by atoms with Crippen LogP contribution in [0.2, 0.25) is 0 Å². The summed E-state index contributed by atoms with van der Waals surface area (Å²) in [5.41, 5.74) is -1.50. The van der Waals surface area contributed by atoms with Crippen LogP contribution in [0, 0.1) is 34.5 Å². The second-order valence-electron chi connectivity index (χ2n) is 6.49. The molecule has 0 radical (unpaired) electrons. The highest BCUT2D eigenvalue weighted by atomic mass is 16.5. The Kier molecular flexibility index (Phi) is 9.55. The first-order valence-electron chi connectivity index (χ1n) is 8.52. The van der Waals surface area contributed by atoms with Crippen LogP contribution in [0.15, 0.2) is 0 Å². The van der Waals surface area contributed by atoms with Crippen molar-refractivity contribution < 1.29 is 19.1 Å². The zero-order chi connectivity index (χ0) is 18.0. The lowest BCUT2D eigenvalue weighted by molar-refractivity contribution is -0.168. The van der Waals surface area contributed by atoms with E-state index < -0.39 is 23.3 Å². The number of esters is 2. The van der Waals surface area contributed by atoms with Gasteiger partial charge in [0.2, 0.25) is 0 Å². The van der Waals surface area contributed by atoms with Gasteiger partial charge in [0.05, 0.1) is 25.2 Å². The summed E-state index contributed by atoms with van der Waals surface area (Å²) >= 11 is 0. The van der Waals surface area contributed by atoms with Gasteiger partial charge in [0.25, 0.3) is 0 Å². The fraction of sp³-hybridized carbons (Fsp3) is 0.833. The third kappa shape index (κ3) is 5.53. The first kappa shape index (κ1) is 21.4. The maximum absolute atomic E-state index is 12.5. The highest BCUT2D eigenvalue weighted by molar-refractivity contribution is 5.88. The van der Waals surface area contributed by atoms with Gasteiger partial charge in [0, 0.05) is 0 Å². The van der Waals surface area contributed by atoms with E-state index in [1.54, 1.807) is 27.7 Å². The summed E-state index contributed by atoms with van der Waals surface area (Å²) in [6, 6.07) is 2.10. The molecule has 0 saturated heterocycles. The minimum atomic E-state index is -1.50. The number of carbonyl (C=O) groups excluding carboxylic acids is 2. The Hall–Kier alpha value is -1.57. The fourth-order valence-electron chi connectivity index (χ4n) is 2.79. The van der Waals surface area contributed by atoms with Crippen LogP contribution in [0.25, 0.3) is 0 Å². The van der Waals surface area contributed by atoms with Crippen LogP contribution in [-0.4, -0.2) is 25.2 Å². The highest BCUT2D eigenvalue weighted by Crippen LogP contribution is 2.41. The first-order valence-corrected chi connectivity index (χ1v) is 8.52. The van der Waals surface area contributed by atoms with Crippen molar-refractivity contribution in [3.63, 3.8) is 0 Å². The molecule has 0 amide bonds. The molecule has 132 valence electrons. The number of nitrogens with zero attached hydrogens (tertiary/aromatic N) is 1. The molecule has 5 nitrogen and oxygen atoms in total. The molecule has 0 aliphatic heterocycles. The number of rotatable bonds is 10. The highest BCUT2D eigenvalue weighted by Gasteiger charge is 2.53. The fourth-order valence-corrected chi connectivity index (χ4v) is 2.79. The maximum Gasteiger partial charge on any atom is 0.327 e. The van der Waals surface area contributed by atoms with Crippen molar-refractivity contribution in [3.05, 3.63) is 0 Å². The lowest BCUT2D eigenvalue weighted by Crippen LogP contribution is -2.47. The van der Waals surface area contributed by atoms with Crippen molar-refractivity contribution in [2.75, 3.05) is 13.2 Å². The average Bonchev–Trinajstić information content (AvgIpc) is 2.46. The van der Waals surface area contributed by atoms with E-state index in [4.69, 9.17) is 9.47 Å². The summed E-state index contributed by atoms with van der Waals surface area (Å²) in [5.74, 6) is -1.76. The van der Waals surface area contributed by atoms with Gasteiger partial charge in [-0.15, -0.1) is 0 Å². The third-order valence-corrected chi connectivity index (χ3v) is 4.10. The number of hydrogen-bond acceptors (Lipinski definition) is 5. The second kappa shape index (κ2) is 10.3. The monoisotopic (exact) mass is 325 g/mol. The normalized spacial score (nSPS) is 14.9. The molecule has 0 aliphatic rings. The second-order valence-corrected chi connectivity index (χ2v) is 6.49. The van der Waals surface area contributed by atoms with E-state index in [0.717, 1.165) is 12.8 Å². The van der Waals surface area contributed by atoms with Gasteiger partial charge in [-0.1, -0.05) is 40.5 Å². The van der Waals surface area contributed by atoms with Crippen molar-refractivity contribution >= 4 is 11.9 Å². The molecule has 0 heterocycles. The Bertz CT molecular complexity index is 425. The zero-order valence-electron chi connectivity index (χ0n) is 15.3. The van der Waals surface area contributed by atoms with Gasteiger partial charge in [-0.05, 0) is 32.1 Å². The predicted octanol–water partition coefficient (Wildman–Crippen LogP) is 3.72. The summed E-state index contributed by atoms with van der Waals surface area (Å²) < 4.78 is 10.3. The van der Waals surface area contributed by atoms with E-state index in [1.807, 2.05) is 0 Å². The molecule has 0 aliphatic carbocycles. The van der Waals surface area contributed by atoms with Crippen LogP contribution in [0.4, 0.5) is 0 Å². The van der Waals surface area contributed by atoms with Gasteiger partial charge < -0.3 is 9.47 Å². The number of ether oxygens (including phenoxy) is 2. The lowest BCUT2D eigenvalue weighted by Gasteiger charge is -2.34. The van der Waals surface area contributed by atoms with Gasteiger partial charge in [0.1, 0.15) is 0 Å². The predicted molar refractivity (Wildman–Crippen MR) is 88.3 cm³/mol. The van der Waals surface area contributed by atoms with Crippen molar-refractivity contribution in [1.29, 1.82) is 5.26 Å². The maximum atomic E-state index is 12.5. The number of nitriles is 1. The van der Waals surface area contributed by atoms with Crippen LogP contribution >= 0.6 is 0 Å². The summed E-state index contributed by atoms with van der Waals surface area (Å²) in [6.45, 7) is 11.6. The Morgan fingerprint density at radius 1 is 1.04 bits per heavy atom. The Morgan fingerprint density at radius 2 is 1.61 bits per heavy atom. The molecule has 23 heavy (non-hydrogen) atoms. The van der Waals surface area contributed by atoms with Gasteiger partial charge >= 0.3 is 11.9 Å². The third-order valence-electron chi connectivity index (χ3n) is 4.10. The SMILES string of the molecule is CCOC(=O)C(CCCC(C)C)C(C#N)(C(=O)OCC)C(C)C. The van der Waals surface area contributed by atoms with E-state index in [-0.39, 0.29) is 19.1 Å². The Morgan fingerprint density at radius 3 is 2.00 bits per heavy atom. The van der Waals surface area contributed by atoms with Gasteiger partial charge in [-0.25, -0.2) is 0 Å². The first-order chi connectivity index (χ1) is 10.8. The van der Waals surface area contributed by atoms with Crippen molar-refractivity contribution in [1.82, 2.24) is 0 Å². The zero-order valence-corrected chi connectivity index (χ0v) is 15.3. The van der Waals surface area contributed by atoms with Crippen molar-refractivity contribution in [2.24, 2.45) is 23.2 Å². The van der Waals surface area contributed by atoms with Gasteiger partial charge in [-0.2, -0.15) is 5.26 Å². The minimum absolute atomic E-state index is 0.177. The summed E-state index contributed by atoms with van der Waals surface area (Å²) in [4.78, 5) is 25.0. The Labute approximate surface area is 140 Å². The topological polar surface area (TPSA) is 76.4 Å². The number of hydrogen-bond donors (Lipinski definition) is 0. The van der Waals surface area contributed by atoms with Crippen molar-refractivity contribution in [3.8, 4) is 6.07 Å². The molecule has 0 rings (SSSR count). The van der Waals surface area contributed by atoms with E-state index >= 15 is 0 Å². The lowest BCUT2D eigenvalue weighted by atomic mass is 9.66. The van der Waals surface area contributed by atoms with Crippen LogP contribution in [0.1, 0.15) is 60.8 Å². The minimum Gasteiger partial charge on any atom is -0.466 e. The van der Waals surface area contributed by atoms with Crippen LogP contribution in [-0.2, 0) is 19.1 Å². The quantitative estimate of drug-likeness (QED) is 0.572. The van der Waals surface area contributed by atoms with E-state index in [9.17, 15) is 14.9 Å². The molecule has 0 saturated carbocycles. The molecular formula is C18H31NO4. The van der Waals surface area contributed by atoms with Gasteiger partial charge in [-0.3, -0.25) is 9.59 Å². The van der Waals surface area contributed by atoms with Crippen LogP contribution < -0.4 is 0 Å². The molecule has 0 fully saturated rings. The van der Waals surface area contributed by atoms with Crippen molar-refractivity contribution in [2.45, 2.75) is 60.8 Å². The summed E-state index contributed by atoms with van der Waals surface area (Å²) in [6.07, 6.45) is 2.14. The molecule has 0 bridgehead atoms. The molecular weight excluding hydrogens is 294 g/mol. The molecule has 0 aromatic heterocycles. The van der Waals surface area contributed by atoms with Crippen LogP contribution in [0.5, 0.6) is 0 Å². The molecule has 0 N–H and O–H groups in total. The molecule has 2 unspecified atom stereocenters. The van der Waals surface area contributed by atoms with E-state index in [0.29, 0.717) is 12.3 Å². The smallest absolute Gasteiger partial charge is 0.327 e. The molecule has 0 aromatic rings. The Balaban J connectivity index is 5.66. The van der Waals surface area contributed by atoms with E-state index in [2.05, 4.69) is 19.9 Å².